The van der Waals surface area contributed by atoms with Crippen LogP contribution < -0.4 is 20.6 Å². The van der Waals surface area contributed by atoms with E-state index in [1.165, 1.54) is 11.3 Å². The lowest BCUT2D eigenvalue weighted by Crippen LogP contribution is -1.97. The molecule has 0 aliphatic rings. The molecule has 0 bridgehead atoms. The van der Waals surface area contributed by atoms with Crippen molar-refractivity contribution in [3.8, 4) is 11.5 Å². The van der Waals surface area contributed by atoms with Gasteiger partial charge in [-0.05, 0) is 35.4 Å². The van der Waals surface area contributed by atoms with Crippen LogP contribution in [0.15, 0.2) is 59.0 Å². The smallest absolute Gasteiger partial charge is 0.205 e. The van der Waals surface area contributed by atoms with Crippen molar-refractivity contribution in [2.75, 3.05) is 18.3 Å². The first-order chi connectivity index (χ1) is 12.2. The van der Waals surface area contributed by atoms with Crippen LogP contribution in [0.4, 0.5) is 10.9 Å². The molecule has 6 nitrogen and oxygen atoms in total. The van der Waals surface area contributed by atoms with Crippen LogP contribution in [0.2, 0.25) is 0 Å². The normalized spacial score (nSPS) is 10.8. The first kappa shape index (κ1) is 16.8. The number of anilines is 2. The van der Waals surface area contributed by atoms with Gasteiger partial charge in [-0.15, -0.1) is 11.3 Å². The van der Waals surface area contributed by atoms with E-state index in [4.69, 9.17) is 15.2 Å². The number of hydrogen-bond donors (Lipinski definition) is 2. The average Bonchev–Trinajstić information content (AvgIpc) is 3.06. The van der Waals surface area contributed by atoms with E-state index in [2.05, 4.69) is 15.5 Å². The van der Waals surface area contributed by atoms with Crippen molar-refractivity contribution in [1.29, 1.82) is 0 Å². The van der Waals surface area contributed by atoms with Crippen molar-refractivity contribution in [3.05, 3.63) is 65.0 Å². The molecule has 2 aromatic carbocycles. The van der Waals surface area contributed by atoms with E-state index in [0.29, 0.717) is 17.6 Å². The van der Waals surface area contributed by atoms with Gasteiger partial charge >= 0.3 is 0 Å². The molecular formula is C18H18N4O2S. The summed E-state index contributed by atoms with van der Waals surface area (Å²) in [5.41, 5.74) is 10.4. The lowest BCUT2D eigenvalue weighted by atomic mass is 10.2. The minimum Gasteiger partial charge on any atom is -0.497 e. The third-order valence-corrected chi connectivity index (χ3v) is 4.06. The fraction of sp³-hybridized carbons (Fsp3) is 0.111. The highest BCUT2D eigenvalue weighted by Crippen LogP contribution is 2.18. The van der Waals surface area contributed by atoms with Crippen LogP contribution in [-0.2, 0) is 6.61 Å². The van der Waals surface area contributed by atoms with Crippen LogP contribution in [0.1, 0.15) is 11.1 Å². The zero-order valence-corrected chi connectivity index (χ0v) is 14.5. The van der Waals surface area contributed by atoms with Gasteiger partial charge in [0.2, 0.25) is 5.13 Å². The van der Waals surface area contributed by atoms with Gasteiger partial charge in [0.1, 0.15) is 23.9 Å². The van der Waals surface area contributed by atoms with Gasteiger partial charge in [0, 0.05) is 5.38 Å². The summed E-state index contributed by atoms with van der Waals surface area (Å²) in [4.78, 5) is 4.07. The molecule has 0 atom stereocenters. The van der Waals surface area contributed by atoms with Gasteiger partial charge in [0.25, 0.3) is 0 Å². The van der Waals surface area contributed by atoms with E-state index in [9.17, 15) is 0 Å². The number of rotatable bonds is 7. The van der Waals surface area contributed by atoms with Crippen molar-refractivity contribution >= 4 is 28.5 Å². The summed E-state index contributed by atoms with van der Waals surface area (Å²) in [5.74, 6) is 2.07. The highest BCUT2D eigenvalue weighted by Gasteiger charge is 2.00. The Kier molecular flexibility index (Phi) is 5.48. The Balaban J connectivity index is 1.59. The summed E-state index contributed by atoms with van der Waals surface area (Å²) in [7, 11) is 1.65. The Morgan fingerprint density at radius 2 is 2.04 bits per heavy atom. The number of nitrogens with two attached hydrogens (primary N) is 1. The molecule has 0 amide bonds. The Labute approximate surface area is 149 Å². The first-order valence-electron chi connectivity index (χ1n) is 7.59. The second kappa shape index (κ2) is 8.16. The highest BCUT2D eigenvalue weighted by atomic mass is 32.1. The summed E-state index contributed by atoms with van der Waals surface area (Å²) in [6.45, 7) is 0.467. The summed E-state index contributed by atoms with van der Waals surface area (Å²) in [5, 5.41) is 6.56. The van der Waals surface area contributed by atoms with Crippen molar-refractivity contribution in [2.45, 2.75) is 6.61 Å². The Morgan fingerprint density at radius 1 is 1.20 bits per heavy atom. The number of nitrogen functional groups attached to an aromatic ring is 1. The van der Waals surface area contributed by atoms with E-state index in [-0.39, 0.29) is 0 Å². The largest absolute Gasteiger partial charge is 0.497 e. The average molecular weight is 354 g/mol. The molecule has 0 saturated heterocycles. The molecule has 7 heteroatoms. The number of hydrogen-bond acceptors (Lipinski definition) is 7. The third-order valence-electron chi connectivity index (χ3n) is 3.29. The maximum atomic E-state index is 5.84. The molecule has 1 aromatic heterocycles. The van der Waals surface area contributed by atoms with Crippen molar-refractivity contribution in [2.24, 2.45) is 5.10 Å². The second-order valence-corrected chi connectivity index (χ2v) is 6.02. The van der Waals surface area contributed by atoms with Gasteiger partial charge in [-0.3, -0.25) is 5.43 Å². The monoisotopic (exact) mass is 354 g/mol. The number of ether oxygens (including phenoxy) is 2. The zero-order chi connectivity index (χ0) is 17.5. The Bertz CT molecular complexity index is 864. The Morgan fingerprint density at radius 3 is 2.84 bits per heavy atom. The number of benzene rings is 2. The van der Waals surface area contributed by atoms with Gasteiger partial charge in [0.15, 0.2) is 0 Å². The summed E-state index contributed by atoms with van der Waals surface area (Å²) >= 11 is 1.40. The molecule has 0 radical (unpaired) electrons. The van der Waals surface area contributed by atoms with Crippen LogP contribution in [-0.4, -0.2) is 18.3 Å². The first-order valence-corrected chi connectivity index (χ1v) is 8.47. The van der Waals surface area contributed by atoms with Gasteiger partial charge in [-0.2, -0.15) is 5.10 Å². The maximum Gasteiger partial charge on any atom is 0.205 e. The van der Waals surface area contributed by atoms with E-state index < -0.39 is 0 Å². The van der Waals surface area contributed by atoms with Crippen molar-refractivity contribution < 1.29 is 9.47 Å². The summed E-state index contributed by atoms with van der Waals surface area (Å²) < 4.78 is 11.1. The molecule has 0 spiro atoms. The molecule has 128 valence electrons. The molecule has 3 N–H and O–H groups in total. The molecule has 0 fully saturated rings. The predicted octanol–water partition coefficient (Wildman–Crippen LogP) is 3.76. The number of hydrazone groups is 1. The van der Waals surface area contributed by atoms with Crippen LogP contribution in [0.5, 0.6) is 11.5 Å². The Hall–Kier alpha value is -3.06. The zero-order valence-electron chi connectivity index (χ0n) is 13.7. The number of nitrogens with zero attached hydrogens (tertiary/aromatic N) is 2. The number of thiazole rings is 1. The molecule has 0 aliphatic carbocycles. The maximum absolute atomic E-state index is 5.84. The minimum atomic E-state index is 0.467. The highest BCUT2D eigenvalue weighted by molar-refractivity contribution is 7.14. The third kappa shape index (κ3) is 4.95. The van der Waals surface area contributed by atoms with Crippen LogP contribution >= 0.6 is 11.3 Å². The van der Waals surface area contributed by atoms with E-state index in [0.717, 1.165) is 22.6 Å². The molecule has 1 heterocycles. The van der Waals surface area contributed by atoms with E-state index >= 15 is 0 Å². The summed E-state index contributed by atoms with van der Waals surface area (Å²) in [6, 6.07) is 15.5. The topological polar surface area (TPSA) is 81.8 Å². The van der Waals surface area contributed by atoms with Crippen molar-refractivity contribution in [3.63, 3.8) is 0 Å². The van der Waals surface area contributed by atoms with Crippen molar-refractivity contribution in [1.82, 2.24) is 4.98 Å². The fourth-order valence-electron chi connectivity index (χ4n) is 2.11. The minimum absolute atomic E-state index is 0.467. The fourth-order valence-corrected chi connectivity index (χ4v) is 2.66. The van der Waals surface area contributed by atoms with E-state index in [1.54, 1.807) is 18.7 Å². The molecule has 0 aliphatic heterocycles. The lowest BCUT2D eigenvalue weighted by Gasteiger charge is -2.08. The van der Waals surface area contributed by atoms with Gasteiger partial charge in [0.05, 0.1) is 13.3 Å². The molecular weight excluding hydrogens is 336 g/mol. The quantitative estimate of drug-likeness (QED) is 0.499. The molecule has 0 saturated carbocycles. The van der Waals surface area contributed by atoms with Gasteiger partial charge in [-0.1, -0.05) is 24.3 Å². The molecule has 3 aromatic rings. The molecule has 3 rings (SSSR count). The van der Waals surface area contributed by atoms with Crippen LogP contribution in [0, 0.1) is 0 Å². The number of aromatic nitrogens is 1. The SMILES string of the molecule is COc1cccc(COc2cccc(C=NNc3nc(N)cs3)c2)c1. The van der Waals surface area contributed by atoms with Gasteiger partial charge in [-0.25, -0.2) is 4.98 Å². The molecule has 25 heavy (non-hydrogen) atoms. The predicted molar refractivity (Wildman–Crippen MR) is 102 cm³/mol. The standard InChI is InChI=1S/C18H18N4O2S/c1-23-15-6-3-5-14(9-15)11-24-16-7-2-4-13(8-16)10-20-22-18-21-17(19)12-25-18/h2-10,12H,11,19H2,1H3,(H,21,22). The lowest BCUT2D eigenvalue weighted by molar-refractivity contribution is 0.305. The number of methoxy groups -OCH3 is 1. The van der Waals surface area contributed by atoms with E-state index in [1.807, 2.05) is 48.5 Å². The van der Waals surface area contributed by atoms with Crippen LogP contribution in [0.25, 0.3) is 0 Å². The van der Waals surface area contributed by atoms with Gasteiger partial charge < -0.3 is 15.2 Å². The second-order valence-electron chi connectivity index (χ2n) is 5.16. The van der Waals surface area contributed by atoms with Crippen LogP contribution in [0.3, 0.4) is 0 Å². The molecule has 0 unspecified atom stereocenters. The number of nitrogens with one attached hydrogen (secondary N) is 1. The summed E-state index contributed by atoms with van der Waals surface area (Å²) in [6.07, 6.45) is 1.70.